The summed E-state index contributed by atoms with van der Waals surface area (Å²) >= 11 is 0. The van der Waals surface area contributed by atoms with E-state index in [0.29, 0.717) is 0 Å². The standard InChI is InChI=1S/C7H12N3O2/c1-11-7(12-2)3-4-10-5-8-9-6-10/h5,7H,3-4H2,1-2H3. The molecule has 1 aromatic heterocycles. The van der Waals surface area contributed by atoms with Crippen molar-refractivity contribution in [3.63, 3.8) is 0 Å². The van der Waals surface area contributed by atoms with Crippen LogP contribution in [0.5, 0.6) is 0 Å². The number of hydrogen-bond acceptors (Lipinski definition) is 4. The van der Waals surface area contributed by atoms with Crippen molar-refractivity contribution in [2.24, 2.45) is 0 Å². The average Bonchev–Trinajstić information content (AvgIpc) is 2.59. The zero-order chi connectivity index (χ0) is 8.81. The second-order valence-electron chi connectivity index (χ2n) is 2.31. The lowest BCUT2D eigenvalue weighted by molar-refractivity contribution is -0.108. The third kappa shape index (κ3) is 2.60. The molecule has 5 heteroatoms. The van der Waals surface area contributed by atoms with E-state index in [0.717, 1.165) is 13.0 Å². The number of ether oxygens (including phenoxy) is 2. The van der Waals surface area contributed by atoms with Gasteiger partial charge < -0.3 is 14.0 Å². The molecular weight excluding hydrogens is 158 g/mol. The molecule has 0 unspecified atom stereocenters. The van der Waals surface area contributed by atoms with Crippen molar-refractivity contribution in [1.82, 2.24) is 14.8 Å². The molecule has 12 heavy (non-hydrogen) atoms. The highest BCUT2D eigenvalue weighted by molar-refractivity contribution is 4.58. The molecule has 1 aromatic rings. The lowest BCUT2D eigenvalue weighted by Gasteiger charge is -2.12. The molecule has 0 aliphatic heterocycles. The van der Waals surface area contributed by atoms with Crippen LogP contribution in [-0.4, -0.2) is 35.3 Å². The Morgan fingerprint density at radius 1 is 1.50 bits per heavy atom. The van der Waals surface area contributed by atoms with Crippen LogP contribution in [0.2, 0.25) is 0 Å². The molecule has 0 atom stereocenters. The van der Waals surface area contributed by atoms with Gasteiger partial charge in [0.25, 0.3) is 0 Å². The third-order valence-corrected chi connectivity index (χ3v) is 1.55. The Bertz CT molecular complexity index is 196. The first-order valence-corrected chi connectivity index (χ1v) is 3.68. The molecule has 0 spiro atoms. The Morgan fingerprint density at radius 2 is 2.25 bits per heavy atom. The summed E-state index contributed by atoms with van der Waals surface area (Å²) in [5, 5.41) is 7.19. The maximum atomic E-state index is 5.01. The number of nitrogens with zero attached hydrogens (tertiary/aromatic N) is 3. The number of aromatic nitrogens is 3. The molecule has 0 fully saturated rings. The molecule has 67 valence electrons. The first-order chi connectivity index (χ1) is 5.86. The summed E-state index contributed by atoms with van der Waals surface area (Å²) < 4.78 is 11.8. The Balaban J connectivity index is 2.25. The first kappa shape index (κ1) is 9.15. The monoisotopic (exact) mass is 170 g/mol. The fourth-order valence-electron chi connectivity index (χ4n) is 0.881. The number of hydrogen-bond donors (Lipinski definition) is 0. The van der Waals surface area contributed by atoms with Gasteiger partial charge in [0.05, 0.1) is 0 Å². The number of aryl methyl sites for hydroxylation is 1. The Labute approximate surface area is 71.3 Å². The zero-order valence-electron chi connectivity index (χ0n) is 7.23. The van der Waals surface area contributed by atoms with Crippen molar-refractivity contribution in [2.75, 3.05) is 14.2 Å². The molecule has 0 aliphatic carbocycles. The van der Waals surface area contributed by atoms with Crippen molar-refractivity contribution in [2.45, 2.75) is 19.3 Å². The molecule has 0 N–H and O–H groups in total. The van der Waals surface area contributed by atoms with Gasteiger partial charge in [-0.25, -0.2) is 0 Å². The van der Waals surface area contributed by atoms with E-state index in [9.17, 15) is 0 Å². The molecule has 1 heterocycles. The van der Waals surface area contributed by atoms with Gasteiger partial charge >= 0.3 is 0 Å². The molecule has 0 saturated carbocycles. The van der Waals surface area contributed by atoms with E-state index in [1.165, 1.54) is 0 Å². The predicted octanol–water partition coefficient (Wildman–Crippen LogP) is 0.0873. The van der Waals surface area contributed by atoms with E-state index in [1.54, 1.807) is 25.1 Å². The number of methoxy groups -OCH3 is 2. The van der Waals surface area contributed by atoms with Crippen LogP contribution < -0.4 is 0 Å². The van der Waals surface area contributed by atoms with Crippen LogP contribution in [0.25, 0.3) is 0 Å². The second kappa shape index (κ2) is 4.84. The summed E-state index contributed by atoms with van der Waals surface area (Å²) in [4.78, 5) is 0. The summed E-state index contributed by atoms with van der Waals surface area (Å²) in [5.41, 5.74) is 0. The van der Waals surface area contributed by atoms with Crippen LogP contribution in [0.1, 0.15) is 6.42 Å². The van der Waals surface area contributed by atoms with Crippen molar-refractivity contribution >= 4 is 0 Å². The maximum Gasteiger partial charge on any atom is 0.201 e. The highest BCUT2D eigenvalue weighted by Gasteiger charge is 2.04. The first-order valence-electron chi connectivity index (χ1n) is 3.68. The van der Waals surface area contributed by atoms with Crippen LogP contribution in [0.4, 0.5) is 0 Å². The van der Waals surface area contributed by atoms with Gasteiger partial charge in [-0.05, 0) is 0 Å². The average molecular weight is 170 g/mol. The minimum Gasteiger partial charge on any atom is -0.356 e. The second-order valence-corrected chi connectivity index (χ2v) is 2.31. The van der Waals surface area contributed by atoms with E-state index in [4.69, 9.17) is 9.47 Å². The van der Waals surface area contributed by atoms with E-state index in [2.05, 4.69) is 16.5 Å². The molecule has 0 saturated heterocycles. The summed E-state index contributed by atoms with van der Waals surface area (Å²) in [5.74, 6) is 0. The van der Waals surface area contributed by atoms with E-state index in [-0.39, 0.29) is 6.29 Å². The number of rotatable bonds is 5. The Morgan fingerprint density at radius 3 is 2.75 bits per heavy atom. The molecule has 0 bridgehead atoms. The minimum atomic E-state index is -0.166. The highest BCUT2D eigenvalue weighted by atomic mass is 16.7. The maximum absolute atomic E-state index is 5.01. The van der Waals surface area contributed by atoms with E-state index < -0.39 is 0 Å². The van der Waals surface area contributed by atoms with Crippen LogP contribution in [0, 0.1) is 6.33 Å². The quantitative estimate of drug-likeness (QED) is 0.587. The van der Waals surface area contributed by atoms with Crippen LogP contribution >= 0.6 is 0 Å². The van der Waals surface area contributed by atoms with E-state index in [1.807, 2.05) is 0 Å². The van der Waals surface area contributed by atoms with Crippen LogP contribution in [-0.2, 0) is 16.0 Å². The normalized spacial score (nSPS) is 10.9. The Kier molecular flexibility index (Phi) is 3.69. The van der Waals surface area contributed by atoms with Gasteiger partial charge in [-0.15, -0.1) is 10.2 Å². The van der Waals surface area contributed by atoms with Gasteiger partial charge in [-0.2, -0.15) is 0 Å². The van der Waals surface area contributed by atoms with Crippen molar-refractivity contribution in [3.05, 3.63) is 12.7 Å². The van der Waals surface area contributed by atoms with Crippen molar-refractivity contribution < 1.29 is 9.47 Å². The van der Waals surface area contributed by atoms with Crippen LogP contribution in [0.15, 0.2) is 6.33 Å². The van der Waals surface area contributed by atoms with Gasteiger partial charge in [0.2, 0.25) is 6.33 Å². The molecule has 1 rings (SSSR count). The topological polar surface area (TPSA) is 49.2 Å². The van der Waals surface area contributed by atoms with Crippen molar-refractivity contribution in [1.29, 1.82) is 0 Å². The van der Waals surface area contributed by atoms with Crippen LogP contribution in [0.3, 0.4) is 0 Å². The fraction of sp³-hybridized carbons (Fsp3) is 0.714. The third-order valence-electron chi connectivity index (χ3n) is 1.55. The SMILES string of the molecule is COC(CCn1[c]nnc1)OC. The fourth-order valence-corrected chi connectivity index (χ4v) is 0.881. The smallest absolute Gasteiger partial charge is 0.201 e. The summed E-state index contributed by atoms with van der Waals surface area (Å²) in [7, 11) is 3.23. The lowest BCUT2D eigenvalue weighted by atomic mass is 10.4. The molecule has 0 amide bonds. The lowest BCUT2D eigenvalue weighted by Crippen LogP contribution is -2.15. The zero-order valence-corrected chi connectivity index (χ0v) is 7.23. The highest BCUT2D eigenvalue weighted by Crippen LogP contribution is 1.99. The molecule has 5 nitrogen and oxygen atoms in total. The largest absolute Gasteiger partial charge is 0.356 e. The Hall–Kier alpha value is -0.940. The van der Waals surface area contributed by atoms with Gasteiger partial charge in [0.15, 0.2) is 6.29 Å². The van der Waals surface area contributed by atoms with Gasteiger partial charge in [-0.3, -0.25) is 0 Å². The summed E-state index contributed by atoms with van der Waals surface area (Å²) in [6, 6.07) is 0. The summed E-state index contributed by atoms with van der Waals surface area (Å²) in [6.45, 7) is 0.749. The van der Waals surface area contributed by atoms with E-state index >= 15 is 0 Å². The van der Waals surface area contributed by atoms with Gasteiger partial charge in [0.1, 0.15) is 6.33 Å². The molecule has 1 radical (unpaired) electrons. The predicted molar refractivity (Wildman–Crippen MR) is 41.3 cm³/mol. The molecule has 0 aromatic carbocycles. The summed E-state index contributed by atoms with van der Waals surface area (Å²) in [6.07, 6.45) is 4.90. The molecular formula is C7H12N3O2. The van der Waals surface area contributed by atoms with Gasteiger partial charge in [-0.1, -0.05) is 0 Å². The van der Waals surface area contributed by atoms with Gasteiger partial charge in [0, 0.05) is 27.2 Å². The molecule has 0 aliphatic rings. The van der Waals surface area contributed by atoms with Crippen molar-refractivity contribution in [3.8, 4) is 0 Å². The minimum absolute atomic E-state index is 0.166.